The number of carbonyl (C=O) groups is 11. The van der Waals surface area contributed by atoms with E-state index in [1.807, 2.05) is 26.0 Å². The third kappa shape index (κ3) is 20.6. The molecular formula is C62H86ClN9O13. The number of halogens is 1. The predicted octanol–water partition coefficient (Wildman–Crippen LogP) is 5.34. The van der Waals surface area contributed by atoms with Gasteiger partial charge in [-0.15, -0.1) is 0 Å². The van der Waals surface area contributed by atoms with Gasteiger partial charge in [0.2, 0.25) is 47.3 Å². The van der Waals surface area contributed by atoms with Crippen LogP contribution in [0.3, 0.4) is 0 Å². The van der Waals surface area contributed by atoms with Crippen molar-refractivity contribution < 1.29 is 63.0 Å². The molecule has 464 valence electrons. The number of nitrogens with one attached hydrogen (secondary N) is 8. The van der Waals surface area contributed by atoms with E-state index in [4.69, 9.17) is 17.3 Å². The maximum Gasteiger partial charge on any atom is 0.303 e. The van der Waals surface area contributed by atoms with E-state index >= 15 is 0 Å². The van der Waals surface area contributed by atoms with Crippen LogP contribution in [0.25, 0.3) is 10.9 Å². The zero-order valence-electron chi connectivity index (χ0n) is 49.9. The fraction of sp³-hybridized carbons (Fsp3) is 0.565. The molecule has 1 saturated carbocycles. The number of carboxylic acids is 1. The van der Waals surface area contributed by atoms with E-state index in [0.717, 1.165) is 25.7 Å². The summed E-state index contributed by atoms with van der Waals surface area (Å²) >= 11 is 6.30. The molecule has 23 heteroatoms. The zero-order valence-corrected chi connectivity index (χ0v) is 50.6. The summed E-state index contributed by atoms with van der Waals surface area (Å²) in [4.78, 5) is 155. The fourth-order valence-corrected chi connectivity index (χ4v) is 10.8. The Balaban J connectivity index is 1.53. The van der Waals surface area contributed by atoms with Gasteiger partial charge < -0.3 is 58.1 Å². The van der Waals surface area contributed by atoms with Crippen molar-refractivity contribution in [3.05, 3.63) is 77.0 Å². The van der Waals surface area contributed by atoms with E-state index in [9.17, 15) is 63.0 Å². The number of rotatable bonds is 14. The van der Waals surface area contributed by atoms with Gasteiger partial charge in [0.15, 0.2) is 5.78 Å². The monoisotopic (exact) mass is 1200 g/mol. The number of benzene rings is 2. The number of H-pyrrole nitrogens is 1. The van der Waals surface area contributed by atoms with E-state index in [1.165, 1.54) is 52.0 Å². The molecule has 0 bridgehead atoms. The lowest BCUT2D eigenvalue weighted by Gasteiger charge is -2.33. The van der Waals surface area contributed by atoms with Gasteiger partial charge in [-0.1, -0.05) is 82.0 Å². The van der Waals surface area contributed by atoms with Crippen LogP contribution in [-0.2, 0) is 65.6 Å². The van der Waals surface area contributed by atoms with Crippen LogP contribution in [0.2, 0.25) is 5.02 Å². The second kappa shape index (κ2) is 31.0. The Bertz CT molecular complexity index is 2960. The van der Waals surface area contributed by atoms with E-state index in [-0.39, 0.29) is 62.4 Å². The lowest BCUT2D eigenvalue weighted by molar-refractivity contribution is -0.139. The number of aromatic amines is 1. The van der Waals surface area contributed by atoms with Gasteiger partial charge in [0.1, 0.15) is 47.3 Å². The molecule has 1 fully saturated rings. The summed E-state index contributed by atoms with van der Waals surface area (Å²) in [5.74, 6) is -8.34. The van der Waals surface area contributed by atoms with Crippen LogP contribution in [0, 0.1) is 16.7 Å². The molecule has 5 rings (SSSR count). The number of nitrogens with two attached hydrogens (primary N) is 1. The highest BCUT2D eigenvalue weighted by molar-refractivity contribution is 6.31. The summed E-state index contributed by atoms with van der Waals surface area (Å²) in [6, 6.07) is 2.90. The average molecular weight is 1200 g/mol. The van der Waals surface area contributed by atoms with Gasteiger partial charge in [-0.05, 0) is 133 Å². The second-order valence-corrected chi connectivity index (χ2v) is 24.6. The fourth-order valence-electron chi connectivity index (χ4n) is 10.6. The molecule has 8 amide bonds. The molecule has 22 nitrogen and oxygen atoms in total. The molecule has 2 aliphatic rings. The normalized spacial score (nSPS) is 25.3. The number of hydrogen-bond donors (Lipinski definition) is 11. The van der Waals surface area contributed by atoms with Gasteiger partial charge in [0.25, 0.3) is 0 Å². The Morgan fingerprint density at radius 3 is 1.98 bits per heavy atom. The lowest BCUT2D eigenvalue weighted by atomic mass is 9.79. The summed E-state index contributed by atoms with van der Waals surface area (Å²) in [6.07, 6.45) is 9.28. The number of allylic oxidation sites excluding steroid dienone is 2. The summed E-state index contributed by atoms with van der Waals surface area (Å²) in [5, 5.41) is 40.2. The Labute approximate surface area is 501 Å². The van der Waals surface area contributed by atoms with Crippen LogP contribution in [-0.4, -0.2) is 122 Å². The highest BCUT2D eigenvalue weighted by Gasteiger charge is 2.53. The molecular weight excluding hydrogens is 1110 g/mol. The van der Waals surface area contributed by atoms with Crippen molar-refractivity contribution in [1.82, 2.24) is 42.2 Å². The number of phenols is 1. The summed E-state index contributed by atoms with van der Waals surface area (Å²) in [6.45, 7) is 11.1. The number of hydrogen-bond acceptors (Lipinski definition) is 12. The molecule has 1 spiro atoms. The first-order valence-corrected chi connectivity index (χ1v) is 29.8. The molecule has 12 N–H and O–H groups in total. The minimum atomic E-state index is -1.58. The first kappa shape index (κ1) is 68.2. The van der Waals surface area contributed by atoms with E-state index in [2.05, 4.69) is 42.2 Å². The molecule has 2 aromatic carbocycles. The number of aromatic nitrogens is 1. The predicted molar refractivity (Wildman–Crippen MR) is 319 cm³/mol. The van der Waals surface area contributed by atoms with Crippen LogP contribution in [0.4, 0.5) is 0 Å². The van der Waals surface area contributed by atoms with Gasteiger partial charge in [0.05, 0.1) is 16.9 Å². The topological polar surface area (TPSA) is 354 Å². The Kier molecular flexibility index (Phi) is 24.8. The SMILES string of the molecule is CC(=O)C[C@]1(C)CCCCCCC=CCCC[C@@](C)(C(=O)NC(C)C(N)=O)NC(=O)[C@H](CC(C)C)NC(=O)C2(CC2)CC(=O)[C@H](CCC(=O)O)NC(=O)[C@H](Cc2c[nH]c3cc(Cl)ccc23)NC(=O)[C@H](Cc2ccc(O)cc2)NC(=O)C(C)NC1=O. The minimum absolute atomic E-state index is 0.0677. The van der Waals surface area contributed by atoms with Gasteiger partial charge >= 0.3 is 5.97 Å². The van der Waals surface area contributed by atoms with E-state index in [1.54, 1.807) is 31.3 Å². The molecule has 2 unspecified atom stereocenters. The molecule has 85 heavy (non-hydrogen) atoms. The maximum atomic E-state index is 14.9. The summed E-state index contributed by atoms with van der Waals surface area (Å²) < 4.78 is 0. The van der Waals surface area contributed by atoms with Crippen LogP contribution in [0.15, 0.2) is 60.8 Å². The third-order valence-electron chi connectivity index (χ3n) is 16.0. The minimum Gasteiger partial charge on any atom is -0.508 e. The van der Waals surface area contributed by atoms with Gasteiger partial charge in [-0.25, -0.2) is 0 Å². The number of amides is 8. The van der Waals surface area contributed by atoms with E-state index in [0.29, 0.717) is 52.7 Å². The molecule has 1 aliphatic carbocycles. The Morgan fingerprint density at radius 2 is 1.35 bits per heavy atom. The first-order valence-electron chi connectivity index (χ1n) is 29.4. The van der Waals surface area contributed by atoms with Crippen molar-refractivity contribution in [1.29, 1.82) is 0 Å². The molecule has 8 atom stereocenters. The van der Waals surface area contributed by atoms with Gasteiger partial charge in [0, 0.05) is 54.2 Å². The standard InChI is InChI=1S/C62H86ClN9O13/c1-36(2)29-47-56(82)72-61(7,58(84)66-38(4)52(64)78)26-16-14-12-10-8-9-11-13-15-25-60(6,33-37(3)73)57(83)67-39(5)53(79)69-48(30-40-17-20-43(74)21-18-40)54(80)70-49(31-41-35-65-46-32-42(63)19-22-44(41)46)55(81)68-45(23-24-51(76)77)50(75)34-62(27-28-62)59(85)71-47/h10,12,17-22,32,35-36,38-39,45,47-49,65,74H,8-9,11,13-16,23-31,33-34H2,1-7H3,(H2,64,78)(H,66,84)(H,67,83)(H,68,81)(H,69,79)(H,70,80)(H,71,85)(H,72,82)(H,76,77)/t38?,39?,45-,47-,48-,49-,60-,61-/m0/s1. The number of carboxylic acid groups (broad SMARTS) is 1. The van der Waals surface area contributed by atoms with Crippen LogP contribution in [0.1, 0.15) is 162 Å². The number of aromatic hydroxyl groups is 1. The largest absolute Gasteiger partial charge is 0.508 e. The number of ketones is 2. The van der Waals surface area contributed by atoms with Crippen molar-refractivity contribution in [2.45, 2.75) is 206 Å². The number of carbonyl (C=O) groups excluding carboxylic acids is 10. The lowest BCUT2D eigenvalue weighted by Crippen LogP contribution is -2.62. The quantitative estimate of drug-likeness (QED) is 0.0910. The van der Waals surface area contributed by atoms with Crippen molar-refractivity contribution in [3.8, 4) is 5.75 Å². The Morgan fingerprint density at radius 1 is 0.729 bits per heavy atom. The number of phenolic OH excluding ortho intramolecular Hbond substituents is 1. The molecule has 0 radical (unpaired) electrons. The highest BCUT2D eigenvalue weighted by atomic mass is 35.5. The second-order valence-electron chi connectivity index (χ2n) is 24.1. The van der Waals surface area contributed by atoms with Crippen LogP contribution >= 0.6 is 11.6 Å². The molecule has 1 aliphatic heterocycles. The first-order chi connectivity index (χ1) is 40.0. The number of fused-ring (bicyclic) bond motifs is 1. The van der Waals surface area contributed by atoms with Gasteiger partial charge in [-0.2, -0.15) is 0 Å². The van der Waals surface area contributed by atoms with Crippen molar-refractivity contribution in [2.24, 2.45) is 22.5 Å². The van der Waals surface area contributed by atoms with Gasteiger partial charge in [-0.3, -0.25) is 52.7 Å². The van der Waals surface area contributed by atoms with Crippen molar-refractivity contribution in [3.63, 3.8) is 0 Å². The number of Topliss-reactive ketones (excluding diaryl/α,β-unsaturated/α-hetero) is 2. The molecule has 2 heterocycles. The smallest absolute Gasteiger partial charge is 0.303 e. The maximum absolute atomic E-state index is 14.9. The summed E-state index contributed by atoms with van der Waals surface area (Å²) in [7, 11) is 0. The highest BCUT2D eigenvalue weighted by Crippen LogP contribution is 2.49. The number of aliphatic carboxylic acids is 1. The summed E-state index contributed by atoms with van der Waals surface area (Å²) in [5.41, 5.74) is 2.96. The number of primary amides is 1. The van der Waals surface area contributed by atoms with Crippen LogP contribution in [0.5, 0.6) is 5.75 Å². The average Bonchev–Trinajstić information content (AvgIpc) is 4.35. The van der Waals surface area contributed by atoms with Crippen molar-refractivity contribution >= 4 is 87.3 Å². The Hall–Kier alpha value is -7.62. The van der Waals surface area contributed by atoms with E-state index < -0.39 is 131 Å². The third-order valence-corrected chi connectivity index (χ3v) is 16.2. The van der Waals surface area contributed by atoms with Crippen LogP contribution < -0.4 is 43.0 Å². The molecule has 1 aromatic heterocycles. The molecule has 3 aromatic rings. The van der Waals surface area contributed by atoms with Crippen molar-refractivity contribution in [2.75, 3.05) is 0 Å². The zero-order chi connectivity index (χ0) is 62.8. The molecule has 0 saturated heterocycles.